The maximum absolute atomic E-state index is 11.1. The molecule has 0 rings (SSSR count). The minimum atomic E-state index is -1.56. The molecule has 0 aliphatic carbocycles. The van der Waals surface area contributed by atoms with Crippen LogP contribution in [0.3, 0.4) is 0 Å². The van der Waals surface area contributed by atoms with Gasteiger partial charge in [-0.25, -0.2) is 0 Å². The maximum atomic E-state index is 11.1. The Balaban J connectivity index is 0. The summed E-state index contributed by atoms with van der Waals surface area (Å²) in [7, 11) is 0. The van der Waals surface area contributed by atoms with Gasteiger partial charge >= 0.3 is 11.9 Å². The maximum Gasteiger partial charge on any atom is 0.321 e. The summed E-state index contributed by atoms with van der Waals surface area (Å²) in [5.74, 6) is -2.39. The van der Waals surface area contributed by atoms with Crippen LogP contribution in [0.2, 0.25) is 0 Å². The molecule has 0 aromatic rings. The van der Waals surface area contributed by atoms with Crippen LogP contribution < -0.4 is 0 Å². The van der Waals surface area contributed by atoms with Crippen LogP contribution in [-0.4, -0.2) is 41.0 Å². The predicted molar refractivity (Wildman–Crippen MR) is 62.5 cm³/mol. The molecular weight excluding hydrogens is 203 g/mol. The van der Waals surface area contributed by atoms with Crippen LogP contribution in [0, 0.1) is 5.41 Å². The van der Waals surface area contributed by atoms with E-state index in [0.717, 1.165) is 12.8 Å². The Bertz CT molecular complexity index is 204. The second-order valence-electron chi connectivity index (χ2n) is 3.90. The van der Waals surface area contributed by atoms with E-state index in [2.05, 4.69) is 0 Å². The van der Waals surface area contributed by atoms with E-state index in [4.69, 9.17) is 10.2 Å². The largest absolute Gasteiger partial charge is 0.480 e. The van der Waals surface area contributed by atoms with Gasteiger partial charge < -0.3 is 10.2 Å². The third-order valence-electron chi connectivity index (χ3n) is 2.73. The van der Waals surface area contributed by atoms with Crippen LogP contribution in [0.1, 0.15) is 52.4 Å². The Hall–Kier alpha value is -0.463. The normalized spacial score (nSPS) is 10.6. The summed E-state index contributed by atoms with van der Waals surface area (Å²) >= 11 is 0. The first-order valence-electron chi connectivity index (χ1n) is 5.48. The number of carboxylic acid groups (broad SMARTS) is 2. The van der Waals surface area contributed by atoms with Crippen molar-refractivity contribution < 1.29 is 19.8 Å². The Morgan fingerprint density at radius 1 is 0.938 bits per heavy atom. The van der Waals surface area contributed by atoms with Gasteiger partial charge in [-0.1, -0.05) is 39.5 Å². The zero-order valence-corrected chi connectivity index (χ0v) is 10.5. The molecule has 0 amide bonds. The summed E-state index contributed by atoms with van der Waals surface area (Å²) in [4.78, 5) is 22.2. The summed E-state index contributed by atoms with van der Waals surface area (Å²) in [6, 6.07) is 0. The van der Waals surface area contributed by atoms with Crippen LogP contribution in [-0.2, 0) is 9.59 Å². The third kappa shape index (κ3) is 4.59. The van der Waals surface area contributed by atoms with E-state index in [1.807, 2.05) is 13.8 Å². The molecule has 16 heavy (non-hydrogen) atoms. The molecule has 2 N–H and O–H groups in total. The number of rotatable bonds is 8. The van der Waals surface area contributed by atoms with Gasteiger partial charge in [-0.15, -0.1) is 0 Å². The molecule has 5 heteroatoms. The molecule has 1 radical (unpaired) electrons. The fourth-order valence-electron chi connectivity index (χ4n) is 1.60. The van der Waals surface area contributed by atoms with Crippen molar-refractivity contribution in [1.29, 1.82) is 0 Å². The fraction of sp³-hybridized carbons (Fsp3) is 0.818. The molecule has 0 saturated carbocycles. The number of carbonyl (C=O) groups is 2. The number of hydrogen-bond acceptors (Lipinski definition) is 2. The fourth-order valence-corrected chi connectivity index (χ4v) is 1.60. The van der Waals surface area contributed by atoms with E-state index in [-0.39, 0.29) is 31.7 Å². The standard InChI is InChI=1S/C11H20O4.Li/c1-3-5-7-11(9(12)13,10(14)15)8-6-4-2;/h3-8H2,1-2H3,(H,12,13)(H,14,15);. The number of aliphatic carboxylic acids is 2. The first kappa shape index (κ1) is 17.9. The van der Waals surface area contributed by atoms with Crippen molar-refractivity contribution in [3.8, 4) is 0 Å². The van der Waals surface area contributed by atoms with Gasteiger partial charge in [0.25, 0.3) is 0 Å². The summed E-state index contributed by atoms with van der Waals surface area (Å²) in [6.07, 6.45) is 3.37. The topological polar surface area (TPSA) is 74.6 Å². The molecule has 89 valence electrons. The van der Waals surface area contributed by atoms with Gasteiger partial charge in [-0.2, -0.15) is 0 Å². The molecular formula is C11H20LiO4. The van der Waals surface area contributed by atoms with E-state index in [1.54, 1.807) is 0 Å². The molecule has 0 aliphatic heterocycles. The average molecular weight is 223 g/mol. The molecule has 0 aliphatic rings. The van der Waals surface area contributed by atoms with Crippen LogP contribution in [0.5, 0.6) is 0 Å². The number of carboxylic acids is 2. The molecule has 4 nitrogen and oxygen atoms in total. The molecule has 0 saturated heterocycles. The monoisotopic (exact) mass is 223 g/mol. The van der Waals surface area contributed by atoms with E-state index in [1.165, 1.54) is 0 Å². The predicted octanol–water partition coefficient (Wildman–Crippen LogP) is 2.14. The Labute approximate surface area is 109 Å². The van der Waals surface area contributed by atoms with Crippen LogP contribution in [0.4, 0.5) is 0 Å². The van der Waals surface area contributed by atoms with Crippen molar-refractivity contribution in [3.63, 3.8) is 0 Å². The van der Waals surface area contributed by atoms with Crippen molar-refractivity contribution in [3.05, 3.63) is 0 Å². The minimum Gasteiger partial charge on any atom is -0.480 e. The summed E-state index contributed by atoms with van der Waals surface area (Å²) in [6.45, 7) is 3.85. The molecule has 0 spiro atoms. The molecule has 0 atom stereocenters. The average Bonchev–Trinajstić information content (AvgIpc) is 2.17. The Kier molecular flexibility index (Phi) is 9.70. The van der Waals surface area contributed by atoms with E-state index < -0.39 is 17.4 Å². The zero-order chi connectivity index (χ0) is 11.9. The van der Waals surface area contributed by atoms with Gasteiger partial charge in [0.1, 0.15) is 0 Å². The molecule has 0 aromatic heterocycles. The van der Waals surface area contributed by atoms with Gasteiger partial charge in [0, 0.05) is 18.9 Å². The van der Waals surface area contributed by atoms with Crippen molar-refractivity contribution >= 4 is 30.8 Å². The number of unbranched alkanes of at least 4 members (excludes halogenated alkanes) is 2. The molecule has 0 bridgehead atoms. The summed E-state index contributed by atoms with van der Waals surface area (Å²) in [5, 5.41) is 18.1. The molecule has 0 fully saturated rings. The van der Waals surface area contributed by atoms with E-state index in [9.17, 15) is 9.59 Å². The van der Waals surface area contributed by atoms with Gasteiger partial charge in [0.05, 0.1) is 0 Å². The molecule has 0 aromatic carbocycles. The van der Waals surface area contributed by atoms with Crippen LogP contribution in [0.25, 0.3) is 0 Å². The molecule has 0 unspecified atom stereocenters. The molecule has 0 heterocycles. The van der Waals surface area contributed by atoms with Crippen molar-refractivity contribution in [2.45, 2.75) is 52.4 Å². The first-order chi connectivity index (χ1) is 7.01. The van der Waals surface area contributed by atoms with Crippen molar-refractivity contribution in [1.82, 2.24) is 0 Å². The smallest absolute Gasteiger partial charge is 0.321 e. The summed E-state index contributed by atoms with van der Waals surface area (Å²) in [5.41, 5.74) is -1.56. The quantitative estimate of drug-likeness (QED) is 0.488. The number of hydrogen-bond donors (Lipinski definition) is 2. The second-order valence-corrected chi connectivity index (χ2v) is 3.90. The van der Waals surface area contributed by atoms with E-state index in [0.29, 0.717) is 12.8 Å². The third-order valence-corrected chi connectivity index (χ3v) is 2.73. The van der Waals surface area contributed by atoms with Gasteiger partial charge in [-0.3, -0.25) is 9.59 Å². The van der Waals surface area contributed by atoms with Crippen LogP contribution in [0.15, 0.2) is 0 Å². The Morgan fingerprint density at radius 2 is 1.25 bits per heavy atom. The second kappa shape index (κ2) is 8.66. The van der Waals surface area contributed by atoms with Crippen molar-refractivity contribution in [2.24, 2.45) is 5.41 Å². The SMILES string of the molecule is CCCCC(CCCC)(C(=O)O)C(=O)O.[Li]. The Morgan fingerprint density at radius 3 is 1.44 bits per heavy atom. The zero-order valence-electron chi connectivity index (χ0n) is 10.5. The van der Waals surface area contributed by atoms with Gasteiger partial charge in [0.15, 0.2) is 5.41 Å². The first-order valence-corrected chi connectivity index (χ1v) is 5.48. The van der Waals surface area contributed by atoms with Crippen LogP contribution >= 0.6 is 0 Å². The minimum absolute atomic E-state index is 0. The van der Waals surface area contributed by atoms with Gasteiger partial charge in [-0.05, 0) is 12.8 Å². The van der Waals surface area contributed by atoms with Crippen molar-refractivity contribution in [2.75, 3.05) is 0 Å². The van der Waals surface area contributed by atoms with E-state index >= 15 is 0 Å². The summed E-state index contributed by atoms with van der Waals surface area (Å²) < 4.78 is 0. The van der Waals surface area contributed by atoms with Gasteiger partial charge in [0.2, 0.25) is 0 Å².